The number of amides is 1. The molecule has 1 saturated heterocycles. The summed E-state index contributed by atoms with van der Waals surface area (Å²) in [6.45, 7) is 5.98. The molecule has 0 radical (unpaired) electrons. The lowest BCUT2D eigenvalue weighted by Gasteiger charge is -2.34. The summed E-state index contributed by atoms with van der Waals surface area (Å²) >= 11 is 0. The normalized spacial score (nSPS) is 15.0. The van der Waals surface area contributed by atoms with Gasteiger partial charge in [0.05, 0.1) is 7.11 Å². The summed E-state index contributed by atoms with van der Waals surface area (Å²) in [5.41, 5.74) is 2.41. The van der Waals surface area contributed by atoms with Crippen LogP contribution in [0, 0.1) is 6.92 Å². The topological polar surface area (TPSA) is 42.0 Å². The predicted octanol–water partition coefficient (Wildman–Crippen LogP) is 3.32. The van der Waals surface area contributed by atoms with Gasteiger partial charge in [0.15, 0.2) is 0 Å². The van der Waals surface area contributed by atoms with E-state index in [9.17, 15) is 4.79 Å². The Labute approximate surface area is 148 Å². The number of aryl methyl sites for hydroxylation is 1. The number of rotatable bonds is 4. The van der Waals surface area contributed by atoms with E-state index >= 15 is 0 Å². The Kier molecular flexibility index (Phi) is 5.56. The number of piperazine rings is 1. The lowest BCUT2D eigenvalue weighted by atomic mass is 10.1. The average Bonchev–Trinajstić information content (AvgIpc) is 2.63. The van der Waals surface area contributed by atoms with Crippen molar-refractivity contribution in [3.63, 3.8) is 0 Å². The zero-order valence-corrected chi connectivity index (χ0v) is 14.8. The molecule has 0 aromatic heterocycles. The number of ether oxygens (including phenoxy) is 2. The SMILES string of the molecule is COc1ccc(CN2CCN(C(=O)Oc3ccccc3)CC2)cc1C. The summed E-state index contributed by atoms with van der Waals surface area (Å²) in [5, 5.41) is 0. The summed E-state index contributed by atoms with van der Waals surface area (Å²) < 4.78 is 10.7. The quantitative estimate of drug-likeness (QED) is 0.856. The van der Waals surface area contributed by atoms with Crippen LogP contribution in [0.3, 0.4) is 0 Å². The van der Waals surface area contributed by atoms with Gasteiger partial charge < -0.3 is 14.4 Å². The Morgan fingerprint density at radius 1 is 1.04 bits per heavy atom. The van der Waals surface area contributed by atoms with Gasteiger partial charge in [0.25, 0.3) is 0 Å². The molecule has 0 bridgehead atoms. The second-order valence-electron chi connectivity index (χ2n) is 6.25. The molecular weight excluding hydrogens is 316 g/mol. The fraction of sp³-hybridized carbons (Fsp3) is 0.350. The van der Waals surface area contributed by atoms with Gasteiger partial charge in [-0.2, -0.15) is 0 Å². The van der Waals surface area contributed by atoms with Crippen LogP contribution >= 0.6 is 0 Å². The van der Waals surface area contributed by atoms with E-state index in [4.69, 9.17) is 9.47 Å². The number of carbonyl (C=O) groups excluding carboxylic acids is 1. The van der Waals surface area contributed by atoms with E-state index in [-0.39, 0.29) is 6.09 Å². The molecule has 0 saturated carbocycles. The van der Waals surface area contributed by atoms with Crippen molar-refractivity contribution >= 4 is 6.09 Å². The van der Waals surface area contributed by atoms with Crippen LogP contribution in [0.25, 0.3) is 0 Å². The van der Waals surface area contributed by atoms with Crippen LogP contribution in [0.15, 0.2) is 48.5 Å². The van der Waals surface area contributed by atoms with Gasteiger partial charge in [-0.3, -0.25) is 4.90 Å². The van der Waals surface area contributed by atoms with Crippen molar-refractivity contribution in [2.75, 3.05) is 33.3 Å². The maximum absolute atomic E-state index is 12.2. The van der Waals surface area contributed by atoms with Crippen molar-refractivity contribution < 1.29 is 14.3 Å². The summed E-state index contributed by atoms with van der Waals surface area (Å²) in [4.78, 5) is 16.3. The number of methoxy groups -OCH3 is 1. The highest BCUT2D eigenvalue weighted by Crippen LogP contribution is 2.20. The fourth-order valence-corrected chi connectivity index (χ4v) is 3.04. The van der Waals surface area contributed by atoms with Crippen LogP contribution in [0.5, 0.6) is 11.5 Å². The third-order valence-electron chi connectivity index (χ3n) is 4.44. The molecule has 2 aromatic rings. The van der Waals surface area contributed by atoms with Gasteiger partial charge in [0.2, 0.25) is 0 Å². The predicted molar refractivity (Wildman–Crippen MR) is 97.0 cm³/mol. The number of benzene rings is 2. The van der Waals surface area contributed by atoms with Crippen molar-refractivity contribution in [2.24, 2.45) is 0 Å². The minimum atomic E-state index is -0.272. The van der Waals surface area contributed by atoms with Crippen LogP contribution in [0.2, 0.25) is 0 Å². The number of para-hydroxylation sites is 1. The van der Waals surface area contributed by atoms with Gasteiger partial charge in [0.1, 0.15) is 11.5 Å². The smallest absolute Gasteiger partial charge is 0.415 e. The molecule has 25 heavy (non-hydrogen) atoms. The Bertz CT molecular complexity index is 710. The molecule has 1 amide bonds. The largest absolute Gasteiger partial charge is 0.496 e. The number of carbonyl (C=O) groups is 1. The number of hydrogen-bond acceptors (Lipinski definition) is 4. The van der Waals surface area contributed by atoms with Crippen LogP contribution in [0.4, 0.5) is 4.79 Å². The molecule has 132 valence electrons. The van der Waals surface area contributed by atoms with Crippen molar-refractivity contribution in [1.82, 2.24) is 9.80 Å². The molecule has 0 atom stereocenters. The highest BCUT2D eigenvalue weighted by molar-refractivity contribution is 5.70. The second-order valence-corrected chi connectivity index (χ2v) is 6.25. The Morgan fingerprint density at radius 3 is 2.40 bits per heavy atom. The first kappa shape index (κ1) is 17.3. The maximum atomic E-state index is 12.2. The van der Waals surface area contributed by atoms with E-state index in [1.165, 1.54) is 5.56 Å². The summed E-state index contributed by atoms with van der Waals surface area (Å²) in [6.07, 6.45) is -0.272. The summed E-state index contributed by atoms with van der Waals surface area (Å²) in [6, 6.07) is 15.5. The first-order chi connectivity index (χ1) is 12.2. The van der Waals surface area contributed by atoms with Gasteiger partial charge in [0, 0.05) is 32.7 Å². The maximum Gasteiger partial charge on any atom is 0.415 e. The first-order valence-electron chi connectivity index (χ1n) is 8.53. The molecule has 2 aromatic carbocycles. The van der Waals surface area contributed by atoms with E-state index in [1.807, 2.05) is 24.3 Å². The molecule has 1 aliphatic rings. The van der Waals surface area contributed by atoms with E-state index in [2.05, 4.69) is 24.0 Å². The second kappa shape index (κ2) is 8.03. The van der Waals surface area contributed by atoms with E-state index in [0.717, 1.165) is 30.9 Å². The highest BCUT2D eigenvalue weighted by atomic mass is 16.6. The Morgan fingerprint density at radius 2 is 1.76 bits per heavy atom. The van der Waals surface area contributed by atoms with E-state index < -0.39 is 0 Å². The Hall–Kier alpha value is -2.53. The molecule has 3 rings (SSSR count). The van der Waals surface area contributed by atoms with Gasteiger partial charge in [-0.25, -0.2) is 4.79 Å². The first-order valence-corrected chi connectivity index (χ1v) is 8.53. The molecule has 1 aliphatic heterocycles. The van der Waals surface area contributed by atoms with E-state index in [0.29, 0.717) is 18.8 Å². The minimum Gasteiger partial charge on any atom is -0.496 e. The molecular formula is C20H24N2O3. The fourth-order valence-electron chi connectivity index (χ4n) is 3.04. The molecule has 0 unspecified atom stereocenters. The van der Waals surface area contributed by atoms with Gasteiger partial charge >= 0.3 is 6.09 Å². The van der Waals surface area contributed by atoms with Gasteiger partial charge in [-0.1, -0.05) is 30.3 Å². The molecule has 5 heteroatoms. The third-order valence-corrected chi connectivity index (χ3v) is 4.44. The monoisotopic (exact) mass is 340 g/mol. The molecule has 5 nitrogen and oxygen atoms in total. The molecule has 1 heterocycles. The summed E-state index contributed by atoms with van der Waals surface area (Å²) in [7, 11) is 1.69. The third kappa shape index (κ3) is 4.51. The molecule has 1 fully saturated rings. The molecule has 0 spiro atoms. The van der Waals surface area contributed by atoms with E-state index in [1.54, 1.807) is 24.1 Å². The molecule has 0 N–H and O–H groups in total. The van der Waals surface area contributed by atoms with Crippen LogP contribution in [-0.4, -0.2) is 49.2 Å². The van der Waals surface area contributed by atoms with Crippen LogP contribution < -0.4 is 9.47 Å². The lowest BCUT2D eigenvalue weighted by molar-refractivity contribution is 0.108. The van der Waals surface area contributed by atoms with Crippen molar-refractivity contribution in [1.29, 1.82) is 0 Å². The Balaban J connectivity index is 1.50. The van der Waals surface area contributed by atoms with Crippen molar-refractivity contribution in [2.45, 2.75) is 13.5 Å². The van der Waals surface area contributed by atoms with Crippen LogP contribution in [-0.2, 0) is 6.54 Å². The van der Waals surface area contributed by atoms with Gasteiger partial charge in [-0.05, 0) is 36.2 Å². The highest BCUT2D eigenvalue weighted by Gasteiger charge is 2.22. The summed E-state index contributed by atoms with van der Waals surface area (Å²) in [5.74, 6) is 1.50. The number of nitrogens with zero attached hydrogens (tertiary/aromatic N) is 2. The average molecular weight is 340 g/mol. The minimum absolute atomic E-state index is 0.272. The molecule has 0 aliphatic carbocycles. The zero-order chi connectivity index (χ0) is 17.6. The van der Waals surface area contributed by atoms with Gasteiger partial charge in [-0.15, -0.1) is 0 Å². The standard InChI is InChI=1S/C20H24N2O3/c1-16-14-17(8-9-19(16)24-2)15-21-10-12-22(13-11-21)20(23)25-18-6-4-3-5-7-18/h3-9,14H,10-13,15H2,1-2H3. The lowest BCUT2D eigenvalue weighted by Crippen LogP contribution is -2.49. The van der Waals surface area contributed by atoms with Crippen molar-refractivity contribution in [3.8, 4) is 11.5 Å². The van der Waals surface area contributed by atoms with Crippen molar-refractivity contribution in [3.05, 3.63) is 59.7 Å². The van der Waals surface area contributed by atoms with Crippen LogP contribution in [0.1, 0.15) is 11.1 Å². The zero-order valence-electron chi connectivity index (χ0n) is 14.8. The number of hydrogen-bond donors (Lipinski definition) is 0.